The van der Waals surface area contributed by atoms with Crippen LogP contribution in [0.2, 0.25) is 0 Å². The minimum absolute atomic E-state index is 0.233. The van der Waals surface area contributed by atoms with Crippen molar-refractivity contribution in [1.82, 2.24) is 15.0 Å². The number of rotatable bonds is 3. The average molecular weight is 441 g/mol. The zero-order valence-corrected chi connectivity index (χ0v) is 17.8. The van der Waals surface area contributed by atoms with E-state index in [9.17, 15) is 4.79 Å². The highest BCUT2D eigenvalue weighted by Gasteiger charge is 2.28. The highest BCUT2D eigenvalue weighted by atomic mass is 79.9. The second-order valence-corrected chi connectivity index (χ2v) is 8.15. The molecule has 2 heterocycles. The Labute approximate surface area is 172 Å². The predicted octanol–water partition coefficient (Wildman–Crippen LogP) is 5.68. The summed E-state index contributed by atoms with van der Waals surface area (Å²) in [4.78, 5) is 27.5. The van der Waals surface area contributed by atoms with Crippen LogP contribution in [0, 0.1) is 6.92 Å². The molecule has 0 fully saturated rings. The number of hydrogen-bond acceptors (Lipinski definition) is 5. The molecule has 28 heavy (non-hydrogen) atoms. The molecule has 0 saturated heterocycles. The lowest BCUT2D eigenvalue weighted by Crippen LogP contribution is -2.35. The third-order valence-corrected chi connectivity index (χ3v) is 4.28. The fourth-order valence-corrected chi connectivity index (χ4v) is 2.90. The summed E-state index contributed by atoms with van der Waals surface area (Å²) in [6, 6.07) is 11.2. The Kier molecular flexibility index (Phi) is 5.74. The Bertz CT molecular complexity index is 987. The third kappa shape index (κ3) is 4.72. The first kappa shape index (κ1) is 19.9. The second kappa shape index (κ2) is 8.06. The molecule has 0 bridgehead atoms. The number of aromatic nitrogens is 3. The van der Waals surface area contributed by atoms with E-state index in [1.807, 2.05) is 58.0 Å². The van der Waals surface area contributed by atoms with E-state index in [2.05, 4.69) is 30.9 Å². The lowest BCUT2D eigenvalue weighted by molar-refractivity contribution is 0.0597. The van der Waals surface area contributed by atoms with Crippen LogP contribution < -0.4 is 4.90 Å². The van der Waals surface area contributed by atoms with Crippen molar-refractivity contribution in [3.8, 4) is 11.3 Å². The minimum Gasteiger partial charge on any atom is -0.443 e. The zero-order chi connectivity index (χ0) is 20.3. The summed E-state index contributed by atoms with van der Waals surface area (Å²) in [6.07, 6.45) is 4.49. The van der Waals surface area contributed by atoms with E-state index in [1.54, 1.807) is 24.7 Å². The van der Waals surface area contributed by atoms with Crippen molar-refractivity contribution in [3.63, 3.8) is 0 Å². The molecule has 0 aliphatic rings. The molecule has 0 unspecified atom stereocenters. The number of nitrogens with zero attached hydrogens (tertiary/aromatic N) is 4. The fraction of sp³-hybridized carbons (Fsp3) is 0.238. The van der Waals surface area contributed by atoms with Gasteiger partial charge in [0.05, 0.1) is 11.4 Å². The Balaban J connectivity index is 2.12. The molecule has 0 aliphatic heterocycles. The monoisotopic (exact) mass is 440 g/mol. The van der Waals surface area contributed by atoms with Gasteiger partial charge in [-0.2, -0.15) is 0 Å². The van der Waals surface area contributed by atoms with E-state index >= 15 is 0 Å². The van der Waals surface area contributed by atoms with Crippen LogP contribution in [0.4, 0.5) is 16.4 Å². The zero-order valence-electron chi connectivity index (χ0n) is 16.2. The smallest absolute Gasteiger partial charge is 0.421 e. The normalized spacial score (nSPS) is 11.2. The highest BCUT2D eigenvalue weighted by Crippen LogP contribution is 2.31. The van der Waals surface area contributed by atoms with Crippen LogP contribution in [0.15, 0.2) is 59.5 Å². The number of hydrogen-bond donors (Lipinski definition) is 0. The standard InChI is InChI=1S/C21H21BrN4O2/c1-14-7-8-16(22)12-18(14)26(20(27)28-21(2,3)4)19-24-11-9-17(25-19)15-6-5-10-23-13-15/h5-13H,1-4H3. The molecule has 0 atom stereocenters. The first-order valence-corrected chi connectivity index (χ1v) is 9.56. The van der Waals surface area contributed by atoms with Crippen LogP contribution >= 0.6 is 15.9 Å². The van der Waals surface area contributed by atoms with Crippen LogP contribution in [-0.4, -0.2) is 26.6 Å². The molecule has 0 spiro atoms. The van der Waals surface area contributed by atoms with Gasteiger partial charge in [-0.15, -0.1) is 0 Å². The average Bonchev–Trinajstić information content (AvgIpc) is 2.64. The van der Waals surface area contributed by atoms with E-state index in [0.29, 0.717) is 11.4 Å². The van der Waals surface area contributed by atoms with E-state index in [4.69, 9.17) is 4.74 Å². The molecule has 0 N–H and O–H groups in total. The molecule has 144 valence electrons. The predicted molar refractivity (Wildman–Crippen MR) is 113 cm³/mol. The molecular weight excluding hydrogens is 420 g/mol. The highest BCUT2D eigenvalue weighted by molar-refractivity contribution is 9.10. The number of ether oxygens (including phenoxy) is 1. The first-order chi connectivity index (χ1) is 13.2. The van der Waals surface area contributed by atoms with Crippen molar-refractivity contribution in [2.75, 3.05) is 4.90 Å². The van der Waals surface area contributed by atoms with Crippen LogP contribution in [-0.2, 0) is 4.74 Å². The molecule has 1 amide bonds. The maximum absolute atomic E-state index is 13.1. The second-order valence-electron chi connectivity index (χ2n) is 7.23. The van der Waals surface area contributed by atoms with E-state index in [-0.39, 0.29) is 5.95 Å². The van der Waals surface area contributed by atoms with Gasteiger partial charge in [-0.1, -0.05) is 22.0 Å². The summed E-state index contributed by atoms with van der Waals surface area (Å²) in [6.45, 7) is 7.39. The van der Waals surface area contributed by atoms with Crippen molar-refractivity contribution < 1.29 is 9.53 Å². The molecular formula is C21H21BrN4O2. The summed E-state index contributed by atoms with van der Waals surface area (Å²) in [5.41, 5.74) is 2.38. The van der Waals surface area contributed by atoms with Crippen LogP contribution in [0.25, 0.3) is 11.3 Å². The number of carbonyl (C=O) groups excluding carboxylic acids is 1. The Morgan fingerprint density at radius 2 is 1.93 bits per heavy atom. The van der Waals surface area contributed by atoms with Gasteiger partial charge in [-0.05, 0) is 63.6 Å². The lowest BCUT2D eigenvalue weighted by Gasteiger charge is -2.27. The maximum atomic E-state index is 13.1. The molecule has 0 saturated carbocycles. The van der Waals surface area contributed by atoms with Gasteiger partial charge in [0.25, 0.3) is 0 Å². The number of aryl methyl sites for hydroxylation is 1. The van der Waals surface area contributed by atoms with Crippen LogP contribution in [0.5, 0.6) is 0 Å². The molecule has 7 heteroatoms. The van der Waals surface area contributed by atoms with Crippen LogP contribution in [0.3, 0.4) is 0 Å². The summed E-state index contributed by atoms with van der Waals surface area (Å²) >= 11 is 3.47. The SMILES string of the molecule is Cc1ccc(Br)cc1N(C(=O)OC(C)(C)C)c1nccc(-c2cccnc2)n1. The molecule has 1 aromatic carbocycles. The topological polar surface area (TPSA) is 68.2 Å². The van der Waals surface area contributed by atoms with Crippen LogP contribution in [0.1, 0.15) is 26.3 Å². The van der Waals surface area contributed by atoms with Gasteiger partial charge >= 0.3 is 6.09 Å². The van der Waals surface area contributed by atoms with E-state index in [1.165, 1.54) is 4.90 Å². The number of anilines is 2. The number of benzene rings is 1. The Morgan fingerprint density at radius 3 is 2.61 bits per heavy atom. The number of halogens is 1. The molecule has 3 aromatic rings. The van der Waals surface area contributed by atoms with Gasteiger partial charge in [-0.25, -0.2) is 19.7 Å². The maximum Gasteiger partial charge on any atom is 0.421 e. The van der Waals surface area contributed by atoms with Gasteiger partial charge in [0, 0.05) is 28.6 Å². The summed E-state index contributed by atoms with van der Waals surface area (Å²) in [5, 5.41) is 0. The van der Waals surface area contributed by atoms with Crippen molar-refractivity contribution in [3.05, 3.63) is 65.0 Å². The van der Waals surface area contributed by atoms with Crippen molar-refractivity contribution in [2.45, 2.75) is 33.3 Å². The van der Waals surface area contributed by atoms with Gasteiger partial charge in [0.1, 0.15) is 5.60 Å². The Hall–Kier alpha value is -2.80. The molecule has 3 rings (SSSR count). The lowest BCUT2D eigenvalue weighted by atomic mass is 10.2. The van der Waals surface area contributed by atoms with E-state index in [0.717, 1.165) is 15.6 Å². The first-order valence-electron chi connectivity index (χ1n) is 8.77. The fourth-order valence-electron chi connectivity index (χ4n) is 2.55. The van der Waals surface area contributed by atoms with Gasteiger partial charge < -0.3 is 4.74 Å². The largest absolute Gasteiger partial charge is 0.443 e. The molecule has 0 aliphatic carbocycles. The quantitative estimate of drug-likeness (QED) is 0.523. The third-order valence-electron chi connectivity index (χ3n) is 3.79. The molecule has 6 nitrogen and oxygen atoms in total. The molecule has 0 radical (unpaired) electrons. The van der Waals surface area contributed by atoms with Crippen molar-refractivity contribution in [2.24, 2.45) is 0 Å². The van der Waals surface area contributed by atoms with Gasteiger partial charge in [0.15, 0.2) is 0 Å². The Morgan fingerprint density at radius 1 is 1.14 bits per heavy atom. The van der Waals surface area contributed by atoms with E-state index < -0.39 is 11.7 Å². The number of amides is 1. The molecule has 2 aromatic heterocycles. The summed E-state index contributed by atoms with van der Waals surface area (Å²) in [5.74, 6) is 0.233. The number of carbonyl (C=O) groups is 1. The summed E-state index contributed by atoms with van der Waals surface area (Å²) in [7, 11) is 0. The van der Waals surface area contributed by atoms with Crippen molar-refractivity contribution in [1.29, 1.82) is 0 Å². The number of pyridine rings is 1. The minimum atomic E-state index is -0.657. The van der Waals surface area contributed by atoms with Crippen molar-refractivity contribution >= 4 is 33.7 Å². The van der Waals surface area contributed by atoms with Gasteiger partial charge in [0.2, 0.25) is 5.95 Å². The summed E-state index contributed by atoms with van der Waals surface area (Å²) < 4.78 is 6.47. The van der Waals surface area contributed by atoms with Gasteiger partial charge in [-0.3, -0.25) is 4.98 Å².